The Hall–Kier alpha value is -1.06. The van der Waals surface area contributed by atoms with E-state index in [1.165, 1.54) is 0 Å². The highest BCUT2D eigenvalue weighted by molar-refractivity contribution is 6.31. The number of benzene rings is 1. The lowest BCUT2D eigenvalue weighted by Gasteiger charge is -2.28. The van der Waals surface area contributed by atoms with Crippen molar-refractivity contribution in [1.29, 1.82) is 0 Å². The van der Waals surface area contributed by atoms with Crippen LogP contribution in [0.1, 0.15) is 36.0 Å². The molecule has 0 radical (unpaired) electrons. The van der Waals surface area contributed by atoms with Crippen molar-refractivity contribution in [2.45, 2.75) is 31.7 Å². The second kappa shape index (κ2) is 6.21. The standard InChI is InChI=1S/C14H18ClNO2/c15-12-6-5-11(10-18)14(9-12)16-7-1-3-13(16)4-2-8-17/h5-6,9-10,13,17H,1-4,7-8H2. The molecule has 0 aromatic heterocycles. The molecule has 2 rings (SSSR count). The Bertz CT molecular complexity index is 422. The smallest absolute Gasteiger partial charge is 0.152 e. The Morgan fingerprint density at radius 3 is 3.06 bits per heavy atom. The molecule has 1 fully saturated rings. The lowest BCUT2D eigenvalue weighted by molar-refractivity contribution is 0.112. The highest BCUT2D eigenvalue weighted by Gasteiger charge is 2.25. The maximum atomic E-state index is 11.1. The molecular formula is C14H18ClNO2. The van der Waals surface area contributed by atoms with Gasteiger partial charge in [0.05, 0.1) is 0 Å². The van der Waals surface area contributed by atoms with Gasteiger partial charge in [-0.05, 0) is 43.9 Å². The highest BCUT2D eigenvalue weighted by atomic mass is 35.5. The molecule has 1 saturated heterocycles. The van der Waals surface area contributed by atoms with Gasteiger partial charge in [-0.3, -0.25) is 4.79 Å². The number of aldehydes is 1. The number of carbonyl (C=O) groups excluding carboxylic acids is 1. The molecule has 3 nitrogen and oxygen atoms in total. The van der Waals surface area contributed by atoms with Gasteiger partial charge in [-0.1, -0.05) is 11.6 Å². The molecule has 98 valence electrons. The van der Waals surface area contributed by atoms with Crippen LogP contribution < -0.4 is 4.90 Å². The van der Waals surface area contributed by atoms with Gasteiger partial charge in [0.2, 0.25) is 0 Å². The van der Waals surface area contributed by atoms with Gasteiger partial charge in [0, 0.05) is 35.5 Å². The second-order valence-electron chi connectivity index (χ2n) is 4.68. The first-order valence-corrected chi connectivity index (χ1v) is 6.76. The zero-order chi connectivity index (χ0) is 13.0. The number of halogens is 1. The Kier molecular flexibility index (Phi) is 4.61. The lowest BCUT2D eigenvalue weighted by Crippen LogP contribution is -2.30. The first kappa shape index (κ1) is 13.4. The summed E-state index contributed by atoms with van der Waals surface area (Å²) in [7, 11) is 0. The van der Waals surface area contributed by atoms with E-state index in [-0.39, 0.29) is 6.61 Å². The van der Waals surface area contributed by atoms with Gasteiger partial charge < -0.3 is 10.0 Å². The molecule has 1 unspecified atom stereocenters. The summed E-state index contributed by atoms with van der Waals surface area (Å²) in [5.41, 5.74) is 1.62. The third-order valence-corrected chi connectivity index (χ3v) is 3.74. The van der Waals surface area contributed by atoms with Crippen molar-refractivity contribution in [3.05, 3.63) is 28.8 Å². The third-order valence-electron chi connectivity index (χ3n) is 3.50. The van der Waals surface area contributed by atoms with Crippen molar-refractivity contribution >= 4 is 23.6 Å². The van der Waals surface area contributed by atoms with E-state index in [1.807, 2.05) is 6.07 Å². The van der Waals surface area contributed by atoms with Crippen molar-refractivity contribution in [3.8, 4) is 0 Å². The van der Waals surface area contributed by atoms with E-state index in [0.29, 0.717) is 16.6 Å². The summed E-state index contributed by atoms with van der Waals surface area (Å²) in [6.07, 6.45) is 4.89. The average molecular weight is 268 g/mol. The first-order chi connectivity index (χ1) is 8.76. The van der Waals surface area contributed by atoms with Crippen molar-refractivity contribution in [3.63, 3.8) is 0 Å². The zero-order valence-corrected chi connectivity index (χ0v) is 11.1. The number of aliphatic hydroxyl groups is 1. The molecule has 1 aliphatic rings. The molecule has 1 aromatic carbocycles. The molecule has 1 aliphatic heterocycles. The molecular weight excluding hydrogens is 250 g/mol. The summed E-state index contributed by atoms with van der Waals surface area (Å²) in [5, 5.41) is 9.59. The fraction of sp³-hybridized carbons (Fsp3) is 0.500. The van der Waals surface area contributed by atoms with E-state index < -0.39 is 0 Å². The SMILES string of the molecule is O=Cc1ccc(Cl)cc1N1CCCC1CCCO. The van der Waals surface area contributed by atoms with Crippen LogP contribution in [-0.2, 0) is 0 Å². The normalized spacial score (nSPS) is 19.2. The third kappa shape index (κ3) is 2.85. The second-order valence-corrected chi connectivity index (χ2v) is 5.11. The zero-order valence-electron chi connectivity index (χ0n) is 10.3. The minimum atomic E-state index is 0.223. The highest BCUT2D eigenvalue weighted by Crippen LogP contribution is 2.32. The molecule has 1 heterocycles. The molecule has 4 heteroatoms. The number of hydrogen-bond donors (Lipinski definition) is 1. The summed E-state index contributed by atoms with van der Waals surface area (Å²) in [5.74, 6) is 0. The van der Waals surface area contributed by atoms with E-state index in [2.05, 4.69) is 4.90 Å². The van der Waals surface area contributed by atoms with Gasteiger partial charge in [-0.25, -0.2) is 0 Å². The first-order valence-electron chi connectivity index (χ1n) is 6.38. The van der Waals surface area contributed by atoms with Crippen molar-refractivity contribution in [2.75, 3.05) is 18.1 Å². The number of rotatable bonds is 5. The number of anilines is 1. The molecule has 0 spiro atoms. The summed E-state index contributed by atoms with van der Waals surface area (Å²) < 4.78 is 0. The van der Waals surface area contributed by atoms with Gasteiger partial charge in [0.15, 0.2) is 6.29 Å². The van der Waals surface area contributed by atoms with E-state index in [9.17, 15) is 4.79 Å². The number of nitrogens with zero attached hydrogens (tertiary/aromatic N) is 1. The summed E-state index contributed by atoms with van der Waals surface area (Å²) in [6.45, 7) is 1.18. The summed E-state index contributed by atoms with van der Waals surface area (Å²) >= 11 is 6.02. The van der Waals surface area contributed by atoms with Gasteiger partial charge in [-0.2, -0.15) is 0 Å². The fourth-order valence-corrected chi connectivity index (χ4v) is 2.81. The minimum absolute atomic E-state index is 0.223. The van der Waals surface area contributed by atoms with E-state index in [0.717, 1.165) is 44.2 Å². The van der Waals surface area contributed by atoms with Crippen molar-refractivity contribution < 1.29 is 9.90 Å². The monoisotopic (exact) mass is 267 g/mol. The van der Waals surface area contributed by atoms with Gasteiger partial charge in [0.1, 0.15) is 0 Å². The predicted octanol–water partition coefficient (Wildman–Crippen LogP) is 2.89. The number of aliphatic hydroxyl groups excluding tert-OH is 1. The molecule has 0 aliphatic carbocycles. The molecule has 1 aromatic rings. The number of carbonyl (C=O) groups is 1. The van der Waals surface area contributed by atoms with Crippen LogP contribution >= 0.6 is 11.6 Å². The largest absolute Gasteiger partial charge is 0.396 e. The van der Waals surface area contributed by atoms with Crippen molar-refractivity contribution in [2.24, 2.45) is 0 Å². The van der Waals surface area contributed by atoms with Gasteiger partial charge >= 0.3 is 0 Å². The quantitative estimate of drug-likeness (QED) is 0.834. The molecule has 18 heavy (non-hydrogen) atoms. The molecule has 1 atom stereocenters. The van der Waals surface area contributed by atoms with E-state index in [4.69, 9.17) is 16.7 Å². The van der Waals surface area contributed by atoms with Crippen molar-refractivity contribution in [1.82, 2.24) is 0 Å². The van der Waals surface area contributed by atoms with Crippen LogP contribution in [0.3, 0.4) is 0 Å². The van der Waals surface area contributed by atoms with Gasteiger partial charge in [0.25, 0.3) is 0 Å². The summed E-state index contributed by atoms with van der Waals surface area (Å²) in [6, 6.07) is 5.79. The maximum Gasteiger partial charge on any atom is 0.152 e. The average Bonchev–Trinajstić information content (AvgIpc) is 2.84. The maximum absolute atomic E-state index is 11.1. The molecule has 0 bridgehead atoms. The van der Waals surface area contributed by atoms with Crippen LogP contribution in [-0.4, -0.2) is 30.6 Å². The number of hydrogen-bond acceptors (Lipinski definition) is 3. The van der Waals surface area contributed by atoms with E-state index >= 15 is 0 Å². The Labute approximate surface area is 112 Å². The topological polar surface area (TPSA) is 40.5 Å². The molecule has 0 amide bonds. The van der Waals surface area contributed by atoms with Crippen LogP contribution in [0.4, 0.5) is 5.69 Å². The lowest BCUT2D eigenvalue weighted by atomic mass is 10.1. The predicted molar refractivity (Wildman–Crippen MR) is 73.5 cm³/mol. The van der Waals surface area contributed by atoms with Crippen LogP contribution in [0, 0.1) is 0 Å². The van der Waals surface area contributed by atoms with Gasteiger partial charge in [-0.15, -0.1) is 0 Å². The van der Waals surface area contributed by atoms with Crippen LogP contribution in [0.2, 0.25) is 5.02 Å². The van der Waals surface area contributed by atoms with E-state index in [1.54, 1.807) is 12.1 Å². The molecule has 0 saturated carbocycles. The van der Waals surface area contributed by atoms with Crippen LogP contribution in [0.15, 0.2) is 18.2 Å². The Balaban J connectivity index is 2.23. The molecule has 1 N–H and O–H groups in total. The Morgan fingerprint density at radius 2 is 2.33 bits per heavy atom. The summed E-state index contributed by atoms with van der Waals surface area (Å²) in [4.78, 5) is 13.4. The fourth-order valence-electron chi connectivity index (χ4n) is 2.65. The Morgan fingerprint density at radius 1 is 1.50 bits per heavy atom. The van der Waals surface area contributed by atoms with Crippen LogP contribution in [0.5, 0.6) is 0 Å². The van der Waals surface area contributed by atoms with Crippen LogP contribution in [0.25, 0.3) is 0 Å². The minimum Gasteiger partial charge on any atom is -0.396 e.